The Bertz CT molecular complexity index is 1480. The summed E-state index contributed by atoms with van der Waals surface area (Å²) in [5.74, 6) is -1.36. The summed E-state index contributed by atoms with van der Waals surface area (Å²) in [6.45, 7) is 0.526. The summed E-state index contributed by atoms with van der Waals surface area (Å²) in [7, 11) is -3.97. The minimum Gasteiger partial charge on any atom is -0.481 e. The van der Waals surface area contributed by atoms with Gasteiger partial charge in [-0.05, 0) is 55.0 Å². The minimum absolute atomic E-state index is 0.0544. The number of aliphatic carboxylic acids is 1. The van der Waals surface area contributed by atoms with Crippen molar-refractivity contribution < 1.29 is 27.9 Å². The van der Waals surface area contributed by atoms with Crippen LogP contribution in [0.5, 0.6) is 0 Å². The molecule has 0 bridgehead atoms. The highest BCUT2D eigenvalue weighted by molar-refractivity contribution is 7.89. The van der Waals surface area contributed by atoms with E-state index in [-0.39, 0.29) is 36.4 Å². The van der Waals surface area contributed by atoms with Crippen LogP contribution in [0.15, 0.2) is 41.3 Å². The number of aromatic nitrogens is 2. The fraction of sp³-hybridized carbons (Fsp3) is 0.500. The number of sulfonamides is 1. The van der Waals surface area contributed by atoms with Crippen LogP contribution in [0.25, 0.3) is 10.3 Å². The second-order valence-electron chi connectivity index (χ2n) is 10.6. The Hall–Kier alpha value is -2.64. The number of hydrogen-bond acceptors (Lipinski definition) is 8. The third kappa shape index (κ3) is 7.42. The van der Waals surface area contributed by atoms with E-state index >= 15 is 0 Å². The summed E-state index contributed by atoms with van der Waals surface area (Å²) < 4.78 is 33.9. The van der Waals surface area contributed by atoms with E-state index in [1.165, 1.54) is 27.8 Å². The van der Waals surface area contributed by atoms with Crippen LogP contribution in [0.2, 0.25) is 5.15 Å². The first-order chi connectivity index (χ1) is 19.7. The van der Waals surface area contributed by atoms with E-state index in [1.54, 1.807) is 24.3 Å². The molecule has 2 fully saturated rings. The monoisotopic (exact) mass is 620 g/mol. The van der Waals surface area contributed by atoms with Crippen LogP contribution < -0.4 is 5.32 Å². The predicted octanol–water partition coefficient (Wildman–Crippen LogP) is 5.29. The van der Waals surface area contributed by atoms with Crippen LogP contribution in [0.1, 0.15) is 62.8 Å². The Morgan fingerprint density at radius 1 is 1.10 bits per heavy atom. The van der Waals surface area contributed by atoms with E-state index in [2.05, 4.69) is 15.3 Å². The van der Waals surface area contributed by atoms with Crippen molar-refractivity contribution in [1.29, 1.82) is 0 Å². The molecule has 0 radical (unpaired) electrons. The molecule has 1 aromatic carbocycles. The molecule has 1 saturated carbocycles. The van der Waals surface area contributed by atoms with Crippen molar-refractivity contribution in [1.82, 2.24) is 14.3 Å². The fourth-order valence-corrected chi connectivity index (χ4v) is 8.09. The number of carboxylic acids is 1. The van der Waals surface area contributed by atoms with Crippen molar-refractivity contribution in [2.75, 3.05) is 25.0 Å². The molecule has 1 aliphatic carbocycles. The van der Waals surface area contributed by atoms with Gasteiger partial charge >= 0.3 is 5.97 Å². The van der Waals surface area contributed by atoms with Gasteiger partial charge in [0, 0.05) is 19.7 Å². The van der Waals surface area contributed by atoms with E-state index in [1.807, 2.05) is 0 Å². The van der Waals surface area contributed by atoms with Gasteiger partial charge in [-0.1, -0.05) is 60.8 Å². The first kappa shape index (κ1) is 29.8. The molecule has 3 aromatic rings. The molecule has 3 heterocycles. The number of halogens is 1. The molecular formula is C28H33ClN4O6S2. The number of carbonyl (C=O) groups excluding carboxylic acids is 1. The molecule has 1 aliphatic heterocycles. The van der Waals surface area contributed by atoms with Gasteiger partial charge in [-0.3, -0.25) is 9.59 Å². The van der Waals surface area contributed by atoms with Crippen LogP contribution in [-0.2, 0) is 24.3 Å². The summed E-state index contributed by atoms with van der Waals surface area (Å²) >= 11 is 7.25. The molecule has 1 amide bonds. The normalized spacial score (nSPS) is 18.7. The topological polar surface area (TPSA) is 139 Å². The zero-order chi connectivity index (χ0) is 29.0. The van der Waals surface area contributed by atoms with Crippen LogP contribution in [-0.4, -0.2) is 65.5 Å². The molecule has 2 atom stereocenters. The van der Waals surface area contributed by atoms with Gasteiger partial charge in [-0.25, -0.2) is 18.4 Å². The molecule has 0 spiro atoms. The number of thiazole rings is 1. The van der Waals surface area contributed by atoms with Gasteiger partial charge in [0.15, 0.2) is 5.13 Å². The molecule has 10 nitrogen and oxygen atoms in total. The Morgan fingerprint density at radius 3 is 2.54 bits per heavy atom. The van der Waals surface area contributed by atoms with Crippen LogP contribution in [0.3, 0.4) is 0 Å². The number of carbonyl (C=O) groups is 2. The molecule has 2 N–H and O–H groups in total. The Balaban J connectivity index is 1.37. The zero-order valence-electron chi connectivity index (χ0n) is 22.5. The van der Waals surface area contributed by atoms with Crippen molar-refractivity contribution in [3.05, 3.63) is 47.1 Å². The summed E-state index contributed by atoms with van der Waals surface area (Å²) in [5.41, 5.74) is 1.36. The van der Waals surface area contributed by atoms with Crippen molar-refractivity contribution in [2.24, 2.45) is 5.92 Å². The number of amides is 1. The first-order valence-corrected chi connectivity index (χ1v) is 16.5. The van der Waals surface area contributed by atoms with Gasteiger partial charge in [-0.15, -0.1) is 0 Å². The van der Waals surface area contributed by atoms with E-state index < -0.39 is 21.9 Å². The average molecular weight is 621 g/mol. The maximum Gasteiger partial charge on any atom is 0.304 e. The lowest BCUT2D eigenvalue weighted by Gasteiger charge is -2.25. The quantitative estimate of drug-likeness (QED) is 0.260. The summed E-state index contributed by atoms with van der Waals surface area (Å²) in [4.78, 5) is 34.2. The third-order valence-electron chi connectivity index (χ3n) is 7.74. The standard InChI is InChI=1S/C28H33ClN4O6S2/c29-24-12-11-23-27(31-24)40-28(30-23)32-26(36)22(16-18-4-1-2-5-18)19-7-9-21(10-8-19)41(37,38)33(14-13-25(34)35)17-20-6-3-15-39-20/h7-12,18,20,22H,1-6,13-17H2,(H,34,35)(H,30,32,36)/t20-,22-/m1/s1. The minimum atomic E-state index is -3.97. The highest BCUT2D eigenvalue weighted by Crippen LogP contribution is 2.36. The van der Waals surface area contributed by atoms with Crippen LogP contribution in [0, 0.1) is 5.92 Å². The second-order valence-corrected chi connectivity index (χ2v) is 13.9. The number of fused-ring (bicyclic) bond motifs is 1. The van der Waals surface area contributed by atoms with E-state index in [0.29, 0.717) is 45.1 Å². The maximum atomic E-state index is 13.6. The van der Waals surface area contributed by atoms with Crippen molar-refractivity contribution in [2.45, 2.75) is 68.3 Å². The van der Waals surface area contributed by atoms with Gasteiger partial charge in [0.2, 0.25) is 15.9 Å². The zero-order valence-corrected chi connectivity index (χ0v) is 24.9. The highest BCUT2D eigenvalue weighted by Gasteiger charge is 2.31. The van der Waals surface area contributed by atoms with Crippen LogP contribution >= 0.6 is 22.9 Å². The van der Waals surface area contributed by atoms with Gasteiger partial charge in [-0.2, -0.15) is 4.31 Å². The lowest BCUT2D eigenvalue weighted by Crippen LogP contribution is -2.38. The highest BCUT2D eigenvalue weighted by atomic mass is 35.5. The van der Waals surface area contributed by atoms with Gasteiger partial charge in [0.05, 0.1) is 23.3 Å². The molecule has 41 heavy (non-hydrogen) atoms. The number of hydrogen-bond donors (Lipinski definition) is 2. The molecule has 220 valence electrons. The van der Waals surface area contributed by atoms with Crippen molar-refractivity contribution >= 4 is 60.3 Å². The number of rotatable bonds is 12. The van der Waals surface area contributed by atoms with Gasteiger partial charge < -0.3 is 15.2 Å². The summed E-state index contributed by atoms with van der Waals surface area (Å²) in [6, 6.07) is 9.79. The SMILES string of the molecule is O=C(O)CCN(C[C@H]1CCCO1)S(=O)(=O)c1ccc([C@@H](CC2CCCC2)C(=O)Nc2nc3ccc(Cl)nc3s2)cc1. The Kier molecular flexibility index (Phi) is 9.55. The molecule has 0 unspecified atom stereocenters. The van der Waals surface area contributed by atoms with E-state index in [0.717, 1.165) is 38.5 Å². The molecule has 1 saturated heterocycles. The maximum absolute atomic E-state index is 13.6. The number of benzene rings is 1. The third-order valence-corrected chi connectivity index (χ3v) is 10.7. The van der Waals surface area contributed by atoms with Crippen LogP contribution in [0.4, 0.5) is 5.13 Å². The lowest BCUT2D eigenvalue weighted by molar-refractivity contribution is -0.137. The predicted molar refractivity (Wildman–Crippen MR) is 157 cm³/mol. The number of nitrogens with zero attached hydrogens (tertiary/aromatic N) is 3. The number of pyridine rings is 1. The smallest absolute Gasteiger partial charge is 0.304 e. The Labute approximate surface area is 248 Å². The molecule has 13 heteroatoms. The summed E-state index contributed by atoms with van der Waals surface area (Å²) in [6.07, 6.45) is 6.05. The second kappa shape index (κ2) is 13.1. The average Bonchev–Trinajstić information content (AvgIpc) is 3.72. The number of ether oxygens (including phenoxy) is 1. The number of nitrogens with one attached hydrogen (secondary N) is 1. The van der Waals surface area contributed by atoms with Crippen molar-refractivity contribution in [3.8, 4) is 0 Å². The number of anilines is 1. The van der Waals surface area contributed by atoms with E-state index in [9.17, 15) is 23.1 Å². The molecule has 5 rings (SSSR count). The molecular weight excluding hydrogens is 588 g/mol. The fourth-order valence-electron chi connectivity index (χ4n) is 5.58. The Morgan fingerprint density at radius 2 is 1.85 bits per heavy atom. The van der Waals surface area contributed by atoms with E-state index in [4.69, 9.17) is 16.3 Å². The summed E-state index contributed by atoms with van der Waals surface area (Å²) in [5, 5.41) is 12.9. The number of carboxylic acid groups (broad SMARTS) is 1. The molecule has 2 aliphatic rings. The van der Waals surface area contributed by atoms with Gasteiger partial charge in [0.1, 0.15) is 15.5 Å². The molecule has 2 aromatic heterocycles. The lowest BCUT2D eigenvalue weighted by atomic mass is 9.87. The first-order valence-electron chi connectivity index (χ1n) is 13.9. The largest absolute Gasteiger partial charge is 0.481 e. The van der Waals surface area contributed by atoms with Crippen molar-refractivity contribution in [3.63, 3.8) is 0 Å². The van der Waals surface area contributed by atoms with Gasteiger partial charge in [0.25, 0.3) is 0 Å².